The third-order valence-corrected chi connectivity index (χ3v) is 5.94. The van der Waals surface area contributed by atoms with Crippen molar-refractivity contribution in [2.24, 2.45) is 5.92 Å². The molecule has 6 heteroatoms. The Balaban J connectivity index is 1.48. The van der Waals surface area contributed by atoms with Gasteiger partial charge in [-0.1, -0.05) is 6.92 Å². The number of carbonyl (C=O) groups excluding carboxylic acids is 2. The predicted molar refractivity (Wildman–Crippen MR) is 93.7 cm³/mol. The Hall–Kier alpha value is -1.14. The molecule has 2 atom stereocenters. The summed E-state index contributed by atoms with van der Waals surface area (Å²) in [6, 6.07) is 0.522. The summed E-state index contributed by atoms with van der Waals surface area (Å²) in [4.78, 5) is 32.8. The molecule has 0 N–H and O–H groups in total. The number of piperidine rings is 1. The van der Waals surface area contributed by atoms with Crippen LogP contribution >= 0.6 is 0 Å². The van der Waals surface area contributed by atoms with Gasteiger partial charge in [0.15, 0.2) is 0 Å². The lowest BCUT2D eigenvalue weighted by Gasteiger charge is -2.39. The van der Waals surface area contributed by atoms with Gasteiger partial charge in [0, 0.05) is 65.3 Å². The van der Waals surface area contributed by atoms with Crippen LogP contribution in [0.3, 0.4) is 0 Å². The van der Waals surface area contributed by atoms with Crippen molar-refractivity contribution in [3.63, 3.8) is 0 Å². The summed E-state index contributed by atoms with van der Waals surface area (Å²) in [5.41, 5.74) is 0. The summed E-state index contributed by atoms with van der Waals surface area (Å²) >= 11 is 0. The van der Waals surface area contributed by atoms with Gasteiger partial charge in [-0.25, -0.2) is 0 Å². The molecule has 136 valence electrons. The topological polar surface area (TPSA) is 47.1 Å². The molecule has 0 saturated carbocycles. The van der Waals surface area contributed by atoms with Crippen molar-refractivity contribution in [2.45, 2.75) is 39.2 Å². The highest BCUT2D eigenvalue weighted by atomic mass is 16.2. The Morgan fingerprint density at radius 1 is 0.875 bits per heavy atom. The highest BCUT2D eigenvalue weighted by Gasteiger charge is 2.36. The minimum absolute atomic E-state index is 0.183. The van der Waals surface area contributed by atoms with E-state index in [9.17, 15) is 9.59 Å². The molecule has 0 spiro atoms. The molecule has 3 saturated heterocycles. The smallest absolute Gasteiger partial charge is 0.236 e. The van der Waals surface area contributed by atoms with Crippen molar-refractivity contribution in [3.8, 4) is 0 Å². The zero-order valence-electron chi connectivity index (χ0n) is 15.2. The minimum Gasteiger partial charge on any atom is -0.342 e. The quantitative estimate of drug-likeness (QED) is 0.752. The number of nitrogens with zero attached hydrogens (tertiary/aromatic N) is 4. The average Bonchev–Trinajstić information content (AvgIpc) is 2.96. The first-order chi connectivity index (χ1) is 11.5. The van der Waals surface area contributed by atoms with Crippen LogP contribution in [-0.2, 0) is 9.59 Å². The number of hydrogen-bond donors (Lipinski definition) is 0. The summed E-state index contributed by atoms with van der Waals surface area (Å²) in [5.74, 6) is 1.08. The van der Waals surface area contributed by atoms with Gasteiger partial charge in [0.25, 0.3) is 0 Å². The fourth-order valence-corrected chi connectivity index (χ4v) is 4.46. The molecule has 24 heavy (non-hydrogen) atoms. The minimum atomic E-state index is 0.183. The van der Waals surface area contributed by atoms with Crippen LogP contribution in [-0.4, -0.2) is 96.4 Å². The van der Waals surface area contributed by atoms with Crippen LogP contribution in [0, 0.1) is 5.92 Å². The molecule has 3 fully saturated rings. The van der Waals surface area contributed by atoms with E-state index in [1.165, 1.54) is 6.42 Å². The van der Waals surface area contributed by atoms with Gasteiger partial charge in [0.2, 0.25) is 11.8 Å². The third kappa shape index (κ3) is 4.09. The summed E-state index contributed by atoms with van der Waals surface area (Å²) < 4.78 is 0. The molecular weight excluding hydrogens is 304 g/mol. The Kier molecular flexibility index (Phi) is 5.76. The summed E-state index contributed by atoms with van der Waals surface area (Å²) in [6.07, 6.45) is 3.58. The van der Waals surface area contributed by atoms with E-state index in [4.69, 9.17) is 0 Å². The molecule has 6 nitrogen and oxygen atoms in total. The molecule has 3 rings (SSSR count). The monoisotopic (exact) mass is 336 g/mol. The summed E-state index contributed by atoms with van der Waals surface area (Å²) in [7, 11) is 0. The van der Waals surface area contributed by atoms with Crippen LogP contribution in [0.5, 0.6) is 0 Å². The van der Waals surface area contributed by atoms with Gasteiger partial charge in [-0.2, -0.15) is 0 Å². The number of carbonyl (C=O) groups is 2. The number of rotatable bonds is 3. The standard InChI is InChI=1S/C18H32N4O2/c1-15-12-19(14-18(24)22-6-4-3-5-7-22)13-17(15)21-10-8-20(9-11-21)16(2)23/h15,17H,3-14H2,1-2H3/t15-,17-/m0/s1. The third-order valence-electron chi connectivity index (χ3n) is 5.94. The van der Waals surface area contributed by atoms with E-state index in [0.717, 1.165) is 65.2 Å². The lowest BCUT2D eigenvalue weighted by atomic mass is 10.0. The Morgan fingerprint density at radius 2 is 1.54 bits per heavy atom. The molecule has 3 heterocycles. The summed E-state index contributed by atoms with van der Waals surface area (Å²) in [6.45, 7) is 12.0. The lowest BCUT2D eigenvalue weighted by molar-refractivity contribution is -0.133. The van der Waals surface area contributed by atoms with Crippen LogP contribution < -0.4 is 0 Å². The van der Waals surface area contributed by atoms with Gasteiger partial charge < -0.3 is 9.80 Å². The van der Waals surface area contributed by atoms with E-state index < -0.39 is 0 Å². The zero-order chi connectivity index (χ0) is 17.1. The lowest BCUT2D eigenvalue weighted by Crippen LogP contribution is -2.53. The molecule has 0 aromatic heterocycles. The van der Waals surface area contributed by atoms with Gasteiger partial charge in [-0.05, 0) is 25.2 Å². The maximum atomic E-state index is 12.5. The molecule has 2 amide bonds. The van der Waals surface area contributed by atoms with E-state index in [0.29, 0.717) is 24.4 Å². The first kappa shape index (κ1) is 17.7. The Morgan fingerprint density at radius 3 is 2.17 bits per heavy atom. The maximum Gasteiger partial charge on any atom is 0.236 e. The van der Waals surface area contributed by atoms with E-state index >= 15 is 0 Å². The predicted octanol–water partition coefficient (Wildman–Crippen LogP) is 0.483. The average molecular weight is 336 g/mol. The largest absolute Gasteiger partial charge is 0.342 e. The zero-order valence-corrected chi connectivity index (χ0v) is 15.2. The number of likely N-dealkylation sites (tertiary alicyclic amines) is 2. The number of amides is 2. The van der Waals surface area contributed by atoms with E-state index in [1.54, 1.807) is 6.92 Å². The SMILES string of the molecule is CC(=O)N1CCN([C@H]2CN(CC(=O)N3CCCCC3)C[C@@H]2C)CC1. The van der Waals surface area contributed by atoms with Gasteiger partial charge in [0.1, 0.15) is 0 Å². The second-order valence-corrected chi connectivity index (χ2v) is 7.72. The Labute approximate surface area is 145 Å². The molecule has 0 aliphatic carbocycles. The van der Waals surface area contributed by atoms with Gasteiger partial charge in [0.05, 0.1) is 6.54 Å². The summed E-state index contributed by atoms with van der Waals surface area (Å²) in [5, 5.41) is 0. The molecule has 0 bridgehead atoms. The van der Waals surface area contributed by atoms with Crippen molar-refractivity contribution in [1.29, 1.82) is 0 Å². The first-order valence-electron chi connectivity index (χ1n) is 9.54. The number of piperazine rings is 1. The molecular formula is C18H32N4O2. The second-order valence-electron chi connectivity index (χ2n) is 7.72. The van der Waals surface area contributed by atoms with E-state index in [1.807, 2.05) is 9.80 Å². The van der Waals surface area contributed by atoms with Crippen molar-refractivity contribution < 1.29 is 9.59 Å². The van der Waals surface area contributed by atoms with Crippen molar-refractivity contribution >= 4 is 11.8 Å². The first-order valence-corrected chi connectivity index (χ1v) is 9.54. The molecule has 0 radical (unpaired) electrons. The molecule has 0 aromatic rings. The van der Waals surface area contributed by atoms with Gasteiger partial charge >= 0.3 is 0 Å². The fraction of sp³-hybridized carbons (Fsp3) is 0.889. The van der Waals surface area contributed by atoms with Crippen LogP contribution in [0.15, 0.2) is 0 Å². The second kappa shape index (κ2) is 7.83. The molecule has 3 aliphatic rings. The highest BCUT2D eigenvalue weighted by Crippen LogP contribution is 2.23. The van der Waals surface area contributed by atoms with Crippen LogP contribution in [0.25, 0.3) is 0 Å². The van der Waals surface area contributed by atoms with Crippen LogP contribution in [0.2, 0.25) is 0 Å². The molecule has 3 aliphatic heterocycles. The van der Waals surface area contributed by atoms with Crippen molar-refractivity contribution in [2.75, 3.05) is 58.9 Å². The molecule has 0 aromatic carbocycles. The van der Waals surface area contributed by atoms with Gasteiger partial charge in [-0.3, -0.25) is 19.4 Å². The normalized spacial score (nSPS) is 29.9. The van der Waals surface area contributed by atoms with Crippen LogP contribution in [0.1, 0.15) is 33.1 Å². The highest BCUT2D eigenvalue weighted by molar-refractivity contribution is 5.78. The molecule has 0 unspecified atom stereocenters. The van der Waals surface area contributed by atoms with Crippen molar-refractivity contribution in [3.05, 3.63) is 0 Å². The number of hydrogen-bond acceptors (Lipinski definition) is 4. The fourth-order valence-electron chi connectivity index (χ4n) is 4.46. The van der Waals surface area contributed by atoms with Crippen molar-refractivity contribution in [1.82, 2.24) is 19.6 Å². The van der Waals surface area contributed by atoms with E-state index in [2.05, 4.69) is 16.7 Å². The van der Waals surface area contributed by atoms with Crippen LogP contribution in [0.4, 0.5) is 0 Å². The Bertz CT molecular complexity index is 456. The van der Waals surface area contributed by atoms with E-state index in [-0.39, 0.29) is 5.91 Å². The van der Waals surface area contributed by atoms with Gasteiger partial charge in [-0.15, -0.1) is 0 Å². The maximum absolute atomic E-state index is 12.5.